The summed E-state index contributed by atoms with van der Waals surface area (Å²) >= 11 is 0. The van der Waals surface area contributed by atoms with Crippen molar-refractivity contribution in [3.05, 3.63) is 23.9 Å². The molecule has 0 spiro atoms. The van der Waals surface area contributed by atoms with Crippen molar-refractivity contribution in [3.63, 3.8) is 0 Å². The molecule has 1 aromatic heterocycles. The zero-order valence-corrected chi connectivity index (χ0v) is 15.5. The normalized spacial score (nSPS) is 16.7. The molecule has 132 valence electrons. The summed E-state index contributed by atoms with van der Waals surface area (Å²) in [7, 11) is 0. The van der Waals surface area contributed by atoms with Crippen LogP contribution in [0.4, 0.5) is 5.82 Å². The molecule has 7 heteroatoms. The molecule has 2 heterocycles. The molecular weight excluding hydrogens is 335 g/mol. The molecular formula is C16H28Cl2N4O. The first kappa shape index (κ1) is 22.0. The number of nitrogens with zero attached hydrogens (tertiary/aromatic N) is 2. The molecule has 0 aromatic carbocycles. The Morgan fingerprint density at radius 2 is 2.17 bits per heavy atom. The number of hydrogen-bond acceptors (Lipinski definition) is 4. The van der Waals surface area contributed by atoms with E-state index in [0.29, 0.717) is 5.56 Å². The second kappa shape index (κ2) is 11.5. The SMILES string of the molecule is CCCN(CC)c1ccc(C(=O)NC2CCCNC2)cn1.Cl.Cl. The number of rotatable bonds is 6. The van der Waals surface area contributed by atoms with Crippen LogP contribution in [0.1, 0.15) is 43.5 Å². The minimum atomic E-state index is -0.0266. The van der Waals surface area contributed by atoms with Crippen LogP contribution in [0.25, 0.3) is 0 Å². The van der Waals surface area contributed by atoms with E-state index in [0.717, 1.165) is 51.3 Å². The van der Waals surface area contributed by atoms with Crippen molar-refractivity contribution < 1.29 is 4.79 Å². The number of carbonyl (C=O) groups is 1. The van der Waals surface area contributed by atoms with Gasteiger partial charge in [0, 0.05) is 31.9 Å². The Hall–Kier alpha value is -1.04. The maximum absolute atomic E-state index is 12.2. The van der Waals surface area contributed by atoms with Crippen molar-refractivity contribution in [2.45, 2.75) is 39.2 Å². The Labute approximate surface area is 151 Å². The molecule has 2 rings (SSSR count). The molecule has 1 saturated heterocycles. The van der Waals surface area contributed by atoms with E-state index < -0.39 is 0 Å². The number of aromatic nitrogens is 1. The number of piperidine rings is 1. The van der Waals surface area contributed by atoms with Gasteiger partial charge in [-0.15, -0.1) is 24.8 Å². The van der Waals surface area contributed by atoms with Gasteiger partial charge in [0.15, 0.2) is 0 Å². The van der Waals surface area contributed by atoms with E-state index in [1.807, 2.05) is 12.1 Å². The van der Waals surface area contributed by atoms with Crippen molar-refractivity contribution >= 4 is 36.5 Å². The quantitative estimate of drug-likeness (QED) is 0.816. The van der Waals surface area contributed by atoms with Gasteiger partial charge >= 0.3 is 0 Å². The van der Waals surface area contributed by atoms with Gasteiger partial charge in [0.2, 0.25) is 0 Å². The molecule has 0 aliphatic carbocycles. The number of nitrogens with one attached hydrogen (secondary N) is 2. The van der Waals surface area contributed by atoms with Gasteiger partial charge in [-0.2, -0.15) is 0 Å². The number of amides is 1. The molecule has 1 aliphatic rings. The van der Waals surface area contributed by atoms with Gasteiger partial charge in [0.05, 0.1) is 5.56 Å². The molecule has 2 N–H and O–H groups in total. The number of pyridine rings is 1. The minimum Gasteiger partial charge on any atom is -0.357 e. The fourth-order valence-corrected chi connectivity index (χ4v) is 2.66. The highest BCUT2D eigenvalue weighted by Gasteiger charge is 2.16. The minimum absolute atomic E-state index is 0. The highest BCUT2D eigenvalue weighted by atomic mass is 35.5. The van der Waals surface area contributed by atoms with Crippen LogP contribution in [-0.4, -0.2) is 43.1 Å². The third-order valence-electron chi connectivity index (χ3n) is 3.84. The van der Waals surface area contributed by atoms with Crippen molar-refractivity contribution in [1.29, 1.82) is 0 Å². The fourth-order valence-electron chi connectivity index (χ4n) is 2.66. The van der Waals surface area contributed by atoms with Gasteiger partial charge in [0.25, 0.3) is 5.91 Å². The Bertz CT molecular complexity index is 450. The summed E-state index contributed by atoms with van der Waals surface area (Å²) in [5.74, 6) is 0.913. The summed E-state index contributed by atoms with van der Waals surface area (Å²) in [6.07, 6.45) is 4.93. The molecule has 0 radical (unpaired) electrons. The van der Waals surface area contributed by atoms with Crippen LogP contribution in [0.5, 0.6) is 0 Å². The van der Waals surface area contributed by atoms with E-state index >= 15 is 0 Å². The number of hydrogen-bond donors (Lipinski definition) is 2. The van der Waals surface area contributed by atoms with Crippen LogP contribution >= 0.6 is 24.8 Å². The van der Waals surface area contributed by atoms with Gasteiger partial charge in [-0.05, 0) is 44.9 Å². The number of halogens is 2. The molecule has 0 bridgehead atoms. The van der Waals surface area contributed by atoms with E-state index in [9.17, 15) is 4.79 Å². The lowest BCUT2D eigenvalue weighted by atomic mass is 10.1. The standard InChI is InChI=1S/C16H26N4O.2ClH/c1-3-10-20(4-2)15-8-7-13(11-18-15)16(21)19-14-6-5-9-17-12-14;;/h7-8,11,14,17H,3-6,9-10,12H2,1-2H3,(H,19,21);2*1H. The van der Waals surface area contributed by atoms with Crippen LogP contribution in [-0.2, 0) is 0 Å². The summed E-state index contributed by atoms with van der Waals surface area (Å²) in [6, 6.07) is 4.04. The molecule has 1 aliphatic heterocycles. The van der Waals surface area contributed by atoms with Crippen LogP contribution < -0.4 is 15.5 Å². The van der Waals surface area contributed by atoms with Gasteiger partial charge in [0.1, 0.15) is 5.82 Å². The lowest BCUT2D eigenvalue weighted by Gasteiger charge is -2.24. The van der Waals surface area contributed by atoms with Crippen molar-refractivity contribution in [2.75, 3.05) is 31.1 Å². The second-order valence-corrected chi connectivity index (χ2v) is 5.50. The van der Waals surface area contributed by atoms with Gasteiger partial charge in [-0.1, -0.05) is 6.92 Å². The van der Waals surface area contributed by atoms with E-state index in [-0.39, 0.29) is 36.8 Å². The zero-order chi connectivity index (χ0) is 15.1. The van der Waals surface area contributed by atoms with Crippen LogP contribution in [0.15, 0.2) is 18.3 Å². The number of anilines is 1. The Balaban J connectivity index is 0.00000242. The highest BCUT2D eigenvalue weighted by molar-refractivity contribution is 5.94. The largest absolute Gasteiger partial charge is 0.357 e. The second-order valence-electron chi connectivity index (χ2n) is 5.50. The topological polar surface area (TPSA) is 57.3 Å². The summed E-state index contributed by atoms with van der Waals surface area (Å²) < 4.78 is 0. The maximum Gasteiger partial charge on any atom is 0.253 e. The molecule has 1 atom stereocenters. The van der Waals surface area contributed by atoms with Crippen LogP contribution in [0, 0.1) is 0 Å². The van der Waals surface area contributed by atoms with Gasteiger partial charge < -0.3 is 15.5 Å². The van der Waals surface area contributed by atoms with Gasteiger partial charge in [-0.3, -0.25) is 4.79 Å². The maximum atomic E-state index is 12.2. The lowest BCUT2D eigenvalue weighted by Crippen LogP contribution is -2.45. The van der Waals surface area contributed by atoms with E-state index in [1.54, 1.807) is 6.20 Å². The van der Waals surface area contributed by atoms with E-state index in [1.165, 1.54) is 0 Å². The van der Waals surface area contributed by atoms with Crippen LogP contribution in [0.2, 0.25) is 0 Å². The third kappa shape index (κ3) is 6.53. The van der Waals surface area contributed by atoms with Crippen molar-refractivity contribution in [1.82, 2.24) is 15.6 Å². The summed E-state index contributed by atoms with van der Waals surface area (Å²) in [5.41, 5.74) is 0.636. The summed E-state index contributed by atoms with van der Waals surface area (Å²) in [5, 5.41) is 6.37. The smallest absolute Gasteiger partial charge is 0.253 e. The lowest BCUT2D eigenvalue weighted by molar-refractivity contribution is 0.0930. The average molecular weight is 363 g/mol. The Morgan fingerprint density at radius 1 is 1.39 bits per heavy atom. The molecule has 5 nitrogen and oxygen atoms in total. The fraction of sp³-hybridized carbons (Fsp3) is 0.625. The van der Waals surface area contributed by atoms with Gasteiger partial charge in [-0.25, -0.2) is 4.98 Å². The van der Waals surface area contributed by atoms with Crippen LogP contribution in [0.3, 0.4) is 0 Å². The predicted octanol–water partition coefficient (Wildman–Crippen LogP) is 2.64. The summed E-state index contributed by atoms with van der Waals surface area (Å²) in [6.45, 7) is 8.10. The monoisotopic (exact) mass is 362 g/mol. The molecule has 1 amide bonds. The predicted molar refractivity (Wildman–Crippen MR) is 100 cm³/mol. The average Bonchev–Trinajstić information content (AvgIpc) is 2.54. The highest BCUT2D eigenvalue weighted by Crippen LogP contribution is 2.12. The first-order valence-corrected chi connectivity index (χ1v) is 7.97. The Kier molecular flexibility index (Phi) is 11.0. The first-order chi connectivity index (χ1) is 10.2. The summed E-state index contributed by atoms with van der Waals surface area (Å²) in [4.78, 5) is 18.8. The molecule has 0 saturated carbocycles. The Morgan fingerprint density at radius 3 is 2.70 bits per heavy atom. The zero-order valence-electron chi connectivity index (χ0n) is 13.9. The van der Waals surface area contributed by atoms with E-state index in [4.69, 9.17) is 0 Å². The molecule has 23 heavy (non-hydrogen) atoms. The van der Waals surface area contributed by atoms with Crippen molar-refractivity contribution in [3.8, 4) is 0 Å². The molecule has 1 aromatic rings. The molecule has 1 unspecified atom stereocenters. The van der Waals surface area contributed by atoms with Crippen molar-refractivity contribution in [2.24, 2.45) is 0 Å². The number of carbonyl (C=O) groups excluding carboxylic acids is 1. The molecule has 1 fully saturated rings. The van der Waals surface area contributed by atoms with E-state index in [2.05, 4.69) is 34.4 Å². The first-order valence-electron chi connectivity index (χ1n) is 7.97. The third-order valence-corrected chi connectivity index (χ3v) is 3.84.